The van der Waals surface area contributed by atoms with Crippen LogP contribution in [0.25, 0.3) is 0 Å². The number of aryl methyl sites for hydroxylation is 2. The fraction of sp³-hybridized carbons (Fsp3) is 0.571. The number of nitrogens with zero attached hydrogens (tertiary/aromatic N) is 2. The third-order valence-electron chi connectivity index (χ3n) is 5.68. The number of para-hydroxylation sites is 1. The molecule has 1 aromatic carbocycles. The Morgan fingerprint density at radius 2 is 2.15 bits per heavy atom. The Kier molecular flexibility index (Phi) is 5.27. The van der Waals surface area contributed by atoms with Crippen molar-refractivity contribution < 1.29 is 9.47 Å². The molecule has 26 heavy (non-hydrogen) atoms. The Morgan fingerprint density at radius 1 is 1.23 bits per heavy atom. The summed E-state index contributed by atoms with van der Waals surface area (Å²) in [6, 6.07) is 8.92. The van der Waals surface area contributed by atoms with Gasteiger partial charge in [0, 0.05) is 49.8 Å². The Hall–Kier alpha value is -1.85. The predicted molar refractivity (Wildman–Crippen MR) is 101 cm³/mol. The lowest BCUT2D eigenvalue weighted by Crippen LogP contribution is -2.36. The topological polar surface area (TPSA) is 48.3 Å². The third kappa shape index (κ3) is 3.38. The largest absolute Gasteiger partial charge is 0.493 e. The van der Waals surface area contributed by atoms with Crippen molar-refractivity contribution in [2.75, 3.05) is 19.8 Å². The number of fused-ring (bicyclic) bond motifs is 1. The van der Waals surface area contributed by atoms with Crippen LogP contribution in [0, 0.1) is 12.8 Å². The maximum Gasteiger partial charge on any atom is 0.126 e. The van der Waals surface area contributed by atoms with Crippen LogP contribution in [0.3, 0.4) is 0 Å². The van der Waals surface area contributed by atoms with Gasteiger partial charge in [0.2, 0.25) is 0 Å². The molecule has 3 heterocycles. The average molecular weight is 355 g/mol. The minimum Gasteiger partial charge on any atom is -0.493 e. The number of hydrogen-bond acceptors (Lipinski definition) is 4. The zero-order chi connectivity index (χ0) is 17.9. The number of benzene rings is 1. The Balaban J connectivity index is 1.48. The summed E-state index contributed by atoms with van der Waals surface area (Å²) in [5.41, 5.74) is 3.73. The molecule has 3 atom stereocenters. The van der Waals surface area contributed by atoms with Gasteiger partial charge in [-0.15, -0.1) is 0 Å². The highest BCUT2D eigenvalue weighted by molar-refractivity contribution is 5.43. The van der Waals surface area contributed by atoms with E-state index in [1.165, 1.54) is 23.2 Å². The fourth-order valence-electron chi connectivity index (χ4n) is 4.31. The Labute approximate surface area is 155 Å². The summed E-state index contributed by atoms with van der Waals surface area (Å²) in [6.07, 6.45) is 5.36. The summed E-state index contributed by atoms with van der Waals surface area (Å²) in [7, 11) is 0. The summed E-state index contributed by atoms with van der Waals surface area (Å²) in [5.74, 6) is 1.54. The highest BCUT2D eigenvalue weighted by atomic mass is 16.5. The van der Waals surface area contributed by atoms with Gasteiger partial charge in [-0.05, 0) is 38.3 Å². The second kappa shape index (κ2) is 7.80. The molecule has 2 aliphatic rings. The summed E-state index contributed by atoms with van der Waals surface area (Å²) < 4.78 is 14.2. The van der Waals surface area contributed by atoms with Gasteiger partial charge in [-0.1, -0.05) is 18.2 Å². The lowest BCUT2D eigenvalue weighted by molar-refractivity contribution is -0.0336. The van der Waals surface area contributed by atoms with E-state index in [4.69, 9.17) is 9.47 Å². The molecule has 0 bridgehead atoms. The molecule has 1 fully saturated rings. The molecule has 2 aliphatic heterocycles. The first-order valence-corrected chi connectivity index (χ1v) is 9.87. The Morgan fingerprint density at radius 3 is 3.04 bits per heavy atom. The van der Waals surface area contributed by atoms with Crippen LogP contribution in [-0.2, 0) is 11.3 Å². The molecule has 1 aromatic heterocycles. The molecule has 2 aromatic rings. The smallest absolute Gasteiger partial charge is 0.126 e. The van der Waals surface area contributed by atoms with Gasteiger partial charge < -0.3 is 14.8 Å². The van der Waals surface area contributed by atoms with E-state index in [0.717, 1.165) is 44.9 Å². The second-order valence-corrected chi connectivity index (χ2v) is 7.36. The SMILES string of the molecule is CCn1nccc1[C@@H]1OCCC[C@H]1CN[C@@H]1CCOc2c(C)cccc21. The molecule has 1 saturated heterocycles. The molecule has 0 saturated carbocycles. The lowest BCUT2D eigenvalue weighted by atomic mass is 9.90. The van der Waals surface area contributed by atoms with E-state index in [2.05, 4.69) is 53.2 Å². The molecule has 5 nitrogen and oxygen atoms in total. The van der Waals surface area contributed by atoms with E-state index in [0.29, 0.717) is 12.0 Å². The van der Waals surface area contributed by atoms with Gasteiger partial charge in [-0.3, -0.25) is 4.68 Å². The first-order chi connectivity index (χ1) is 12.8. The van der Waals surface area contributed by atoms with Crippen molar-refractivity contribution in [1.82, 2.24) is 15.1 Å². The molecule has 0 aliphatic carbocycles. The van der Waals surface area contributed by atoms with Crippen molar-refractivity contribution in [2.45, 2.75) is 51.8 Å². The summed E-state index contributed by atoms with van der Waals surface area (Å²) >= 11 is 0. The highest BCUT2D eigenvalue weighted by Crippen LogP contribution is 2.37. The number of ether oxygens (including phenoxy) is 2. The number of rotatable bonds is 5. The van der Waals surface area contributed by atoms with E-state index in [1.807, 2.05) is 6.20 Å². The summed E-state index contributed by atoms with van der Waals surface area (Å²) in [6.45, 7) is 7.72. The third-order valence-corrected chi connectivity index (χ3v) is 5.68. The molecular formula is C21H29N3O2. The van der Waals surface area contributed by atoms with Crippen LogP contribution in [0.2, 0.25) is 0 Å². The quantitative estimate of drug-likeness (QED) is 0.886. The molecular weight excluding hydrogens is 326 g/mol. The van der Waals surface area contributed by atoms with E-state index in [9.17, 15) is 0 Å². The minimum absolute atomic E-state index is 0.135. The normalized spacial score (nSPS) is 25.5. The summed E-state index contributed by atoms with van der Waals surface area (Å²) in [4.78, 5) is 0. The molecule has 0 amide bonds. The fourth-order valence-corrected chi connectivity index (χ4v) is 4.31. The van der Waals surface area contributed by atoms with E-state index >= 15 is 0 Å². The molecule has 5 heteroatoms. The molecule has 0 unspecified atom stereocenters. The Bertz CT molecular complexity index is 743. The van der Waals surface area contributed by atoms with Gasteiger partial charge in [0.15, 0.2) is 0 Å². The lowest BCUT2D eigenvalue weighted by Gasteiger charge is -2.34. The first kappa shape index (κ1) is 17.6. The van der Waals surface area contributed by atoms with Crippen molar-refractivity contribution in [2.24, 2.45) is 5.92 Å². The van der Waals surface area contributed by atoms with Crippen LogP contribution in [-0.4, -0.2) is 29.5 Å². The maximum absolute atomic E-state index is 6.18. The van der Waals surface area contributed by atoms with E-state index in [-0.39, 0.29) is 6.10 Å². The van der Waals surface area contributed by atoms with Gasteiger partial charge in [-0.25, -0.2) is 0 Å². The standard InChI is InChI=1S/C21H29N3O2/c1-3-24-19(9-11-23-24)21-16(7-5-12-25-21)14-22-18-10-13-26-20-15(2)6-4-8-17(18)20/h4,6,8-9,11,16,18,21-22H,3,5,7,10,12-14H2,1-2H3/t16-,18+,21+/m0/s1. The molecule has 0 radical (unpaired) electrons. The second-order valence-electron chi connectivity index (χ2n) is 7.36. The van der Waals surface area contributed by atoms with Gasteiger partial charge in [-0.2, -0.15) is 5.10 Å². The van der Waals surface area contributed by atoms with Crippen molar-refractivity contribution in [3.63, 3.8) is 0 Å². The van der Waals surface area contributed by atoms with Crippen molar-refractivity contribution in [3.05, 3.63) is 47.3 Å². The molecule has 4 rings (SSSR count). The molecule has 0 spiro atoms. The average Bonchev–Trinajstić information content (AvgIpc) is 3.15. The van der Waals surface area contributed by atoms with Crippen LogP contribution < -0.4 is 10.1 Å². The zero-order valence-corrected chi connectivity index (χ0v) is 15.8. The number of aromatic nitrogens is 2. The van der Waals surface area contributed by atoms with Crippen LogP contribution in [0.5, 0.6) is 5.75 Å². The highest BCUT2D eigenvalue weighted by Gasteiger charge is 2.31. The minimum atomic E-state index is 0.135. The molecule has 140 valence electrons. The van der Waals surface area contributed by atoms with Crippen LogP contribution >= 0.6 is 0 Å². The number of nitrogens with one attached hydrogen (secondary N) is 1. The van der Waals surface area contributed by atoms with Gasteiger partial charge in [0.1, 0.15) is 11.9 Å². The first-order valence-electron chi connectivity index (χ1n) is 9.87. The van der Waals surface area contributed by atoms with Crippen molar-refractivity contribution in [1.29, 1.82) is 0 Å². The monoisotopic (exact) mass is 355 g/mol. The van der Waals surface area contributed by atoms with Gasteiger partial charge >= 0.3 is 0 Å². The predicted octanol–water partition coefficient (Wildman–Crippen LogP) is 3.79. The maximum atomic E-state index is 6.18. The zero-order valence-electron chi connectivity index (χ0n) is 15.8. The van der Waals surface area contributed by atoms with E-state index < -0.39 is 0 Å². The van der Waals surface area contributed by atoms with Crippen LogP contribution in [0.4, 0.5) is 0 Å². The van der Waals surface area contributed by atoms with Gasteiger partial charge in [0.05, 0.1) is 12.3 Å². The van der Waals surface area contributed by atoms with Crippen LogP contribution in [0.1, 0.15) is 55.2 Å². The molecule has 1 N–H and O–H groups in total. The van der Waals surface area contributed by atoms with Crippen LogP contribution in [0.15, 0.2) is 30.5 Å². The van der Waals surface area contributed by atoms with E-state index in [1.54, 1.807) is 0 Å². The summed E-state index contributed by atoms with van der Waals surface area (Å²) in [5, 5.41) is 8.25. The van der Waals surface area contributed by atoms with Crippen molar-refractivity contribution in [3.8, 4) is 5.75 Å². The van der Waals surface area contributed by atoms with Gasteiger partial charge in [0.25, 0.3) is 0 Å². The van der Waals surface area contributed by atoms with Crippen molar-refractivity contribution >= 4 is 0 Å². The number of hydrogen-bond donors (Lipinski definition) is 1.